The molecule has 5 nitrogen and oxygen atoms in total. The zero-order valence-corrected chi connectivity index (χ0v) is 13.1. The molecule has 116 valence electrons. The predicted octanol–water partition coefficient (Wildman–Crippen LogP) is 0.971. The summed E-state index contributed by atoms with van der Waals surface area (Å²) in [4.78, 5) is 20.9. The molecule has 1 unspecified atom stereocenters. The summed E-state index contributed by atoms with van der Waals surface area (Å²) >= 11 is 0. The molecule has 0 bridgehead atoms. The summed E-state index contributed by atoms with van der Waals surface area (Å²) in [7, 11) is 0. The van der Waals surface area contributed by atoms with Crippen LogP contribution >= 0.6 is 0 Å². The third-order valence-corrected chi connectivity index (χ3v) is 3.94. The number of amides is 1. The second-order valence-electron chi connectivity index (χ2n) is 5.67. The topological polar surface area (TPSA) is 48.5 Å². The van der Waals surface area contributed by atoms with E-state index in [4.69, 9.17) is 0 Å². The van der Waals surface area contributed by atoms with Crippen LogP contribution in [0.25, 0.3) is 0 Å². The lowest BCUT2D eigenvalue weighted by Gasteiger charge is -2.36. The molecule has 1 atom stereocenters. The maximum atomic E-state index is 12.3. The Hall–Kier alpha value is -1.46. The molecule has 0 spiro atoms. The highest BCUT2D eigenvalue weighted by molar-refractivity contribution is 5.78. The van der Waals surface area contributed by atoms with Gasteiger partial charge in [-0.25, -0.2) is 0 Å². The maximum Gasteiger partial charge on any atom is 0.226 e. The third-order valence-electron chi connectivity index (χ3n) is 3.94. The second-order valence-corrected chi connectivity index (χ2v) is 5.67. The Labute approximate surface area is 127 Å². The van der Waals surface area contributed by atoms with Gasteiger partial charge in [0.15, 0.2) is 0 Å². The Balaban J connectivity index is 1.76. The van der Waals surface area contributed by atoms with Gasteiger partial charge in [0, 0.05) is 57.6 Å². The molecule has 2 heterocycles. The van der Waals surface area contributed by atoms with Gasteiger partial charge in [-0.1, -0.05) is 19.9 Å². The lowest BCUT2D eigenvalue weighted by molar-refractivity contribution is -0.136. The van der Waals surface area contributed by atoms with E-state index in [2.05, 4.69) is 28.2 Å². The fourth-order valence-corrected chi connectivity index (χ4v) is 2.64. The molecule has 1 aliphatic heterocycles. The molecule has 5 heteroatoms. The summed E-state index contributed by atoms with van der Waals surface area (Å²) < 4.78 is 0. The Morgan fingerprint density at radius 2 is 2.14 bits per heavy atom. The van der Waals surface area contributed by atoms with Gasteiger partial charge in [-0.2, -0.15) is 0 Å². The smallest absolute Gasteiger partial charge is 0.226 e. The van der Waals surface area contributed by atoms with E-state index in [9.17, 15) is 4.79 Å². The summed E-state index contributed by atoms with van der Waals surface area (Å²) in [6.07, 6.45) is 3.71. The third kappa shape index (κ3) is 4.79. The minimum Gasteiger partial charge on any atom is -0.340 e. The van der Waals surface area contributed by atoms with Crippen LogP contribution < -0.4 is 5.32 Å². The van der Waals surface area contributed by atoms with Crippen LogP contribution in [-0.2, 0) is 11.3 Å². The molecule has 21 heavy (non-hydrogen) atoms. The first-order valence-electron chi connectivity index (χ1n) is 7.81. The number of hydrogen-bond donors (Lipinski definition) is 1. The lowest BCUT2D eigenvalue weighted by atomic mass is 10.1. The number of carbonyl (C=O) groups is 1. The van der Waals surface area contributed by atoms with E-state index in [-0.39, 0.29) is 11.8 Å². The summed E-state index contributed by atoms with van der Waals surface area (Å²) in [6, 6.07) is 4.07. The van der Waals surface area contributed by atoms with Gasteiger partial charge in [0.2, 0.25) is 5.91 Å². The van der Waals surface area contributed by atoms with Crippen molar-refractivity contribution in [3.8, 4) is 0 Å². The fourth-order valence-electron chi connectivity index (χ4n) is 2.64. The van der Waals surface area contributed by atoms with E-state index in [1.165, 1.54) is 5.56 Å². The molecule has 1 amide bonds. The molecule has 0 aromatic carbocycles. The minimum atomic E-state index is 0.0647. The summed E-state index contributed by atoms with van der Waals surface area (Å²) in [5.41, 5.74) is 1.23. The maximum absolute atomic E-state index is 12.3. The van der Waals surface area contributed by atoms with Crippen LogP contribution in [0.5, 0.6) is 0 Å². The first-order valence-corrected chi connectivity index (χ1v) is 7.81. The highest BCUT2D eigenvalue weighted by atomic mass is 16.2. The number of nitrogens with one attached hydrogen (secondary N) is 1. The SMILES string of the molecule is CCNCC(C)C(=O)N1CCN(Cc2cccnc2)CC1. The lowest BCUT2D eigenvalue weighted by Crippen LogP contribution is -2.50. The van der Waals surface area contributed by atoms with Crippen LogP contribution in [0.3, 0.4) is 0 Å². The zero-order chi connectivity index (χ0) is 15.1. The summed E-state index contributed by atoms with van der Waals surface area (Å²) in [5.74, 6) is 0.340. The molecular weight excluding hydrogens is 264 g/mol. The standard InChI is InChI=1S/C16H26N4O/c1-3-17-11-14(2)16(21)20-9-7-19(8-10-20)13-15-5-4-6-18-12-15/h4-6,12,14,17H,3,7-11,13H2,1-2H3. The number of rotatable bonds is 6. The number of aromatic nitrogens is 1. The first-order chi connectivity index (χ1) is 10.2. The van der Waals surface area contributed by atoms with Crippen LogP contribution in [0.4, 0.5) is 0 Å². The monoisotopic (exact) mass is 290 g/mol. The van der Waals surface area contributed by atoms with Crippen LogP contribution in [0, 0.1) is 5.92 Å². The molecule has 1 saturated heterocycles. The quantitative estimate of drug-likeness (QED) is 0.848. The molecule has 0 aliphatic carbocycles. The van der Waals surface area contributed by atoms with Crippen LogP contribution in [0.15, 0.2) is 24.5 Å². The van der Waals surface area contributed by atoms with Crippen molar-refractivity contribution in [3.05, 3.63) is 30.1 Å². The normalized spacial score (nSPS) is 17.7. The van der Waals surface area contributed by atoms with Crippen molar-refractivity contribution in [1.82, 2.24) is 20.1 Å². The number of piperazine rings is 1. The Kier molecular flexibility index (Phi) is 6.14. The van der Waals surface area contributed by atoms with E-state index in [0.717, 1.165) is 45.8 Å². The van der Waals surface area contributed by atoms with Crippen molar-refractivity contribution in [2.24, 2.45) is 5.92 Å². The number of carbonyl (C=O) groups excluding carboxylic acids is 1. The molecule has 1 N–H and O–H groups in total. The Morgan fingerprint density at radius 1 is 1.38 bits per heavy atom. The number of pyridine rings is 1. The average molecular weight is 290 g/mol. The van der Waals surface area contributed by atoms with E-state index in [0.29, 0.717) is 0 Å². The second kappa shape index (κ2) is 8.10. The van der Waals surface area contributed by atoms with Gasteiger partial charge in [0.05, 0.1) is 0 Å². The highest BCUT2D eigenvalue weighted by Gasteiger charge is 2.24. The van der Waals surface area contributed by atoms with Crippen molar-refractivity contribution in [2.45, 2.75) is 20.4 Å². The highest BCUT2D eigenvalue weighted by Crippen LogP contribution is 2.10. The molecule has 0 radical (unpaired) electrons. The van der Waals surface area contributed by atoms with Gasteiger partial charge in [0.1, 0.15) is 0 Å². The van der Waals surface area contributed by atoms with Crippen LogP contribution in [0.2, 0.25) is 0 Å². The summed E-state index contributed by atoms with van der Waals surface area (Å²) in [6.45, 7) is 10.2. The largest absolute Gasteiger partial charge is 0.340 e. The van der Waals surface area contributed by atoms with Gasteiger partial charge < -0.3 is 10.2 Å². The van der Waals surface area contributed by atoms with Crippen molar-refractivity contribution in [1.29, 1.82) is 0 Å². The van der Waals surface area contributed by atoms with Crippen molar-refractivity contribution < 1.29 is 4.79 Å². The van der Waals surface area contributed by atoms with Gasteiger partial charge in [-0.3, -0.25) is 14.7 Å². The van der Waals surface area contributed by atoms with Crippen LogP contribution in [0.1, 0.15) is 19.4 Å². The van der Waals surface area contributed by atoms with E-state index in [1.54, 1.807) is 6.20 Å². The molecule has 1 aromatic rings. The first kappa shape index (κ1) is 15.9. The summed E-state index contributed by atoms with van der Waals surface area (Å²) in [5, 5.41) is 3.24. The number of nitrogens with zero attached hydrogens (tertiary/aromatic N) is 3. The minimum absolute atomic E-state index is 0.0647. The van der Waals surface area contributed by atoms with Gasteiger partial charge in [0.25, 0.3) is 0 Å². The molecule has 1 aliphatic rings. The fraction of sp³-hybridized carbons (Fsp3) is 0.625. The Bertz CT molecular complexity index is 429. The number of hydrogen-bond acceptors (Lipinski definition) is 4. The van der Waals surface area contributed by atoms with Crippen molar-refractivity contribution in [3.63, 3.8) is 0 Å². The predicted molar refractivity (Wildman–Crippen MR) is 83.8 cm³/mol. The van der Waals surface area contributed by atoms with Crippen molar-refractivity contribution >= 4 is 5.91 Å². The zero-order valence-electron chi connectivity index (χ0n) is 13.1. The molecule has 0 saturated carbocycles. The average Bonchev–Trinajstić information content (AvgIpc) is 2.53. The molecule has 1 aromatic heterocycles. The van der Waals surface area contributed by atoms with Crippen LogP contribution in [-0.4, -0.2) is 60.0 Å². The van der Waals surface area contributed by atoms with Gasteiger partial charge >= 0.3 is 0 Å². The molecule has 2 rings (SSSR count). The van der Waals surface area contributed by atoms with Crippen molar-refractivity contribution in [2.75, 3.05) is 39.3 Å². The van der Waals surface area contributed by atoms with E-state index < -0.39 is 0 Å². The van der Waals surface area contributed by atoms with Gasteiger partial charge in [-0.15, -0.1) is 0 Å². The van der Waals surface area contributed by atoms with E-state index >= 15 is 0 Å². The molecule has 1 fully saturated rings. The Morgan fingerprint density at radius 3 is 2.76 bits per heavy atom. The van der Waals surface area contributed by atoms with E-state index in [1.807, 2.05) is 24.1 Å². The van der Waals surface area contributed by atoms with Gasteiger partial charge in [-0.05, 0) is 18.2 Å². The molecular formula is C16H26N4O.